The summed E-state index contributed by atoms with van der Waals surface area (Å²) in [5.74, 6) is 1.04. The van der Waals surface area contributed by atoms with Gasteiger partial charge in [0.25, 0.3) is 0 Å². The van der Waals surface area contributed by atoms with E-state index in [1.807, 2.05) is 0 Å². The molecular formula is C18H20N2O. The van der Waals surface area contributed by atoms with Crippen molar-refractivity contribution in [1.29, 1.82) is 0 Å². The van der Waals surface area contributed by atoms with Gasteiger partial charge in [0.15, 0.2) is 0 Å². The number of rotatable bonds is 2. The number of hydrogen-bond donors (Lipinski definition) is 2. The van der Waals surface area contributed by atoms with Crippen LogP contribution in [0.5, 0.6) is 5.75 Å². The summed E-state index contributed by atoms with van der Waals surface area (Å²) in [6.45, 7) is 2.82. The summed E-state index contributed by atoms with van der Waals surface area (Å²) < 4.78 is 5.58. The van der Waals surface area contributed by atoms with Crippen LogP contribution in [0.4, 0.5) is 5.69 Å². The number of hydrogen-bond acceptors (Lipinski definition) is 3. The maximum Gasteiger partial charge on any atom is 0.122 e. The van der Waals surface area contributed by atoms with Crippen molar-refractivity contribution in [1.82, 2.24) is 5.32 Å². The molecule has 0 fully saturated rings. The summed E-state index contributed by atoms with van der Waals surface area (Å²) >= 11 is 0. The van der Waals surface area contributed by atoms with Gasteiger partial charge in [-0.2, -0.15) is 0 Å². The first-order chi connectivity index (χ1) is 10.4. The van der Waals surface area contributed by atoms with Gasteiger partial charge in [-0.25, -0.2) is 0 Å². The Balaban J connectivity index is 1.62. The number of ether oxygens (including phenoxy) is 1. The number of nitrogens with one attached hydrogen (secondary N) is 2. The van der Waals surface area contributed by atoms with Crippen molar-refractivity contribution in [3.63, 3.8) is 0 Å². The summed E-state index contributed by atoms with van der Waals surface area (Å²) in [7, 11) is 0. The molecule has 3 heteroatoms. The van der Waals surface area contributed by atoms with E-state index >= 15 is 0 Å². The SMILES string of the molecule is c1ccc2c(c1)CNCCC2Nc1ccc2c(c1)CCO2. The van der Waals surface area contributed by atoms with Crippen molar-refractivity contribution in [2.24, 2.45) is 0 Å². The maximum absolute atomic E-state index is 5.58. The first kappa shape index (κ1) is 12.7. The minimum atomic E-state index is 0.372. The zero-order valence-corrected chi connectivity index (χ0v) is 12.1. The van der Waals surface area contributed by atoms with Crippen LogP contribution in [-0.4, -0.2) is 13.2 Å². The van der Waals surface area contributed by atoms with Crippen molar-refractivity contribution in [2.45, 2.75) is 25.4 Å². The second-order valence-corrected chi connectivity index (χ2v) is 5.78. The molecule has 0 radical (unpaired) electrons. The van der Waals surface area contributed by atoms with Crippen LogP contribution in [0.2, 0.25) is 0 Å². The lowest BCUT2D eigenvalue weighted by molar-refractivity contribution is 0.357. The number of benzene rings is 2. The predicted molar refractivity (Wildman–Crippen MR) is 84.8 cm³/mol. The van der Waals surface area contributed by atoms with E-state index < -0.39 is 0 Å². The molecule has 2 heterocycles. The van der Waals surface area contributed by atoms with Crippen LogP contribution in [0, 0.1) is 0 Å². The molecule has 0 saturated carbocycles. The second kappa shape index (κ2) is 5.41. The van der Waals surface area contributed by atoms with Crippen LogP contribution >= 0.6 is 0 Å². The summed E-state index contributed by atoms with van der Waals surface area (Å²) in [6, 6.07) is 15.6. The van der Waals surface area contributed by atoms with Crippen LogP contribution in [0.1, 0.15) is 29.2 Å². The number of fused-ring (bicyclic) bond motifs is 2. The minimum absolute atomic E-state index is 0.372. The van der Waals surface area contributed by atoms with E-state index in [0.717, 1.165) is 38.3 Å². The largest absolute Gasteiger partial charge is 0.493 e. The van der Waals surface area contributed by atoms with Crippen molar-refractivity contribution >= 4 is 5.69 Å². The maximum atomic E-state index is 5.58. The first-order valence-corrected chi connectivity index (χ1v) is 7.71. The summed E-state index contributed by atoms with van der Waals surface area (Å²) in [5.41, 5.74) is 5.33. The van der Waals surface area contributed by atoms with Gasteiger partial charge in [-0.3, -0.25) is 0 Å². The molecule has 2 aliphatic heterocycles. The molecule has 0 spiro atoms. The van der Waals surface area contributed by atoms with Gasteiger partial charge in [-0.05, 0) is 47.9 Å². The van der Waals surface area contributed by atoms with E-state index in [9.17, 15) is 0 Å². The Morgan fingerprint density at radius 1 is 1.10 bits per heavy atom. The highest BCUT2D eigenvalue weighted by molar-refractivity contribution is 5.54. The van der Waals surface area contributed by atoms with Crippen LogP contribution in [0.15, 0.2) is 42.5 Å². The Morgan fingerprint density at radius 2 is 2.05 bits per heavy atom. The van der Waals surface area contributed by atoms with Gasteiger partial charge in [0.05, 0.1) is 12.6 Å². The minimum Gasteiger partial charge on any atom is -0.493 e. The molecule has 108 valence electrons. The molecule has 2 N–H and O–H groups in total. The van der Waals surface area contributed by atoms with Crippen molar-refractivity contribution < 1.29 is 4.74 Å². The molecule has 2 aromatic carbocycles. The predicted octanol–water partition coefficient (Wildman–Crippen LogP) is 3.27. The fourth-order valence-electron chi connectivity index (χ4n) is 3.29. The summed E-state index contributed by atoms with van der Waals surface area (Å²) in [5, 5.41) is 7.21. The molecule has 0 bridgehead atoms. The van der Waals surface area contributed by atoms with E-state index in [2.05, 4.69) is 53.1 Å². The average Bonchev–Trinajstić information content (AvgIpc) is 2.89. The lowest BCUT2D eigenvalue weighted by Gasteiger charge is -2.20. The van der Waals surface area contributed by atoms with Crippen molar-refractivity contribution in [2.75, 3.05) is 18.5 Å². The molecule has 1 atom stereocenters. The van der Waals surface area contributed by atoms with E-state index in [-0.39, 0.29) is 0 Å². The third kappa shape index (κ3) is 2.49. The lowest BCUT2D eigenvalue weighted by atomic mass is 9.99. The van der Waals surface area contributed by atoms with Gasteiger partial charge >= 0.3 is 0 Å². The van der Waals surface area contributed by atoms with Crippen molar-refractivity contribution in [3.8, 4) is 5.75 Å². The monoisotopic (exact) mass is 280 g/mol. The molecule has 21 heavy (non-hydrogen) atoms. The van der Waals surface area contributed by atoms with Crippen LogP contribution in [0.25, 0.3) is 0 Å². The molecule has 3 nitrogen and oxygen atoms in total. The highest BCUT2D eigenvalue weighted by Gasteiger charge is 2.19. The summed E-state index contributed by atoms with van der Waals surface area (Å²) in [6.07, 6.45) is 2.12. The lowest BCUT2D eigenvalue weighted by Crippen LogP contribution is -2.15. The Hall–Kier alpha value is -2.00. The fourth-order valence-corrected chi connectivity index (χ4v) is 3.29. The van der Waals surface area contributed by atoms with Gasteiger partial charge in [0, 0.05) is 18.7 Å². The summed E-state index contributed by atoms with van der Waals surface area (Å²) in [4.78, 5) is 0. The molecule has 4 rings (SSSR count). The molecular weight excluding hydrogens is 260 g/mol. The molecule has 1 unspecified atom stereocenters. The molecule has 2 aliphatic rings. The van der Waals surface area contributed by atoms with E-state index in [4.69, 9.17) is 4.74 Å². The van der Waals surface area contributed by atoms with Crippen LogP contribution in [0.3, 0.4) is 0 Å². The topological polar surface area (TPSA) is 33.3 Å². The van der Waals surface area contributed by atoms with Gasteiger partial charge in [-0.1, -0.05) is 24.3 Å². The van der Waals surface area contributed by atoms with Crippen LogP contribution in [-0.2, 0) is 13.0 Å². The van der Waals surface area contributed by atoms with Crippen LogP contribution < -0.4 is 15.4 Å². The Morgan fingerprint density at radius 3 is 3.05 bits per heavy atom. The quantitative estimate of drug-likeness (QED) is 0.886. The average molecular weight is 280 g/mol. The molecule has 0 aromatic heterocycles. The Kier molecular flexibility index (Phi) is 3.28. The third-order valence-electron chi connectivity index (χ3n) is 4.39. The Bertz CT molecular complexity index is 653. The standard InChI is InChI=1S/C18H20N2O/c1-2-4-16-14(3-1)12-19-9-7-17(16)20-15-5-6-18-13(11-15)8-10-21-18/h1-6,11,17,19-20H,7-10,12H2. The normalized spacial score (nSPS) is 20.1. The van der Waals surface area contributed by atoms with Gasteiger partial charge in [0.2, 0.25) is 0 Å². The molecule has 0 aliphatic carbocycles. The zero-order chi connectivity index (χ0) is 14.1. The third-order valence-corrected chi connectivity index (χ3v) is 4.39. The fraction of sp³-hybridized carbons (Fsp3) is 0.333. The van der Waals surface area contributed by atoms with Crippen molar-refractivity contribution in [3.05, 3.63) is 59.2 Å². The van der Waals surface area contributed by atoms with E-state index in [1.165, 1.54) is 22.4 Å². The van der Waals surface area contributed by atoms with Gasteiger partial charge < -0.3 is 15.4 Å². The van der Waals surface area contributed by atoms with Gasteiger partial charge in [-0.15, -0.1) is 0 Å². The highest BCUT2D eigenvalue weighted by atomic mass is 16.5. The van der Waals surface area contributed by atoms with Gasteiger partial charge in [0.1, 0.15) is 5.75 Å². The smallest absolute Gasteiger partial charge is 0.122 e. The number of anilines is 1. The second-order valence-electron chi connectivity index (χ2n) is 5.78. The van der Waals surface area contributed by atoms with E-state index in [1.54, 1.807) is 0 Å². The first-order valence-electron chi connectivity index (χ1n) is 7.71. The Labute approximate surface area is 125 Å². The molecule has 0 amide bonds. The highest BCUT2D eigenvalue weighted by Crippen LogP contribution is 2.31. The zero-order valence-electron chi connectivity index (χ0n) is 12.1. The molecule has 2 aromatic rings. The van der Waals surface area contributed by atoms with E-state index in [0.29, 0.717) is 6.04 Å². The molecule has 0 saturated heterocycles.